The molecule has 6 nitrogen and oxygen atoms in total. The number of benzene rings is 2. The van der Waals surface area contributed by atoms with Gasteiger partial charge in [0.25, 0.3) is 5.56 Å². The highest BCUT2D eigenvalue weighted by atomic mass is 32.1. The highest BCUT2D eigenvalue weighted by Crippen LogP contribution is 2.32. The normalized spacial score (nSPS) is 15.8. The van der Waals surface area contributed by atoms with Crippen molar-refractivity contribution in [2.24, 2.45) is 4.99 Å². The average molecular weight is 528 g/mol. The lowest BCUT2D eigenvalue weighted by Crippen LogP contribution is -2.39. The number of hydrogen-bond acceptors (Lipinski definition) is 5. The largest absolute Gasteiger partial charge is 0.466 e. The fraction of sp³-hybridized carbons (Fsp3) is 0.323. The molecule has 0 unspecified atom stereocenters. The van der Waals surface area contributed by atoms with Gasteiger partial charge >= 0.3 is 5.97 Å². The molecule has 3 heterocycles. The third-order valence-electron chi connectivity index (χ3n) is 7.53. The SMILES string of the molecule is CCn1c(C)c(/C=c2\sc3n(c2=O)[C@@H](c2ccc(C(C)C)cc2)C(C(=O)OC)=C(C)N=3)c2cccc(C)c21. The maximum atomic E-state index is 14.0. The van der Waals surface area contributed by atoms with E-state index in [0.29, 0.717) is 26.5 Å². The van der Waals surface area contributed by atoms with Crippen LogP contribution < -0.4 is 14.9 Å². The van der Waals surface area contributed by atoms with Crippen molar-refractivity contribution < 1.29 is 9.53 Å². The molecule has 0 saturated carbocycles. The molecule has 0 radical (unpaired) electrons. The van der Waals surface area contributed by atoms with Crippen molar-refractivity contribution in [2.45, 2.75) is 60.0 Å². The number of para-hydroxylation sites is 1. The van der Waals surface area contributed by atoms with Crippen LogP contribution in [0.2, 0.25) is 0 Å². The molecule has 1 aliphatic heterocycles. The van der Waals surface area contributed by atoms with Gasteiger partial charge < -0.3 is 9.30 Å². The minimum Gasteiger partial charge on any atom is -0.466 e. The van der Waals surface area contributed by atoms with Gasteiger partial charge in [-0.1, -0.05) is 67.6 Å². The Bertz CT molecular complexity index is 1780. The molecule has 7 heteroatoms. The highest BCUT2D eigenvalue weighted by Gasteiger charge is 2.33. The number of aromatic nitrogens is 2. The molecule has 0 aliphatic carbocycles. The summed E-state index contributed by atoms with van der Waals surface area (Å²) in [4.78, 5) is 32.3. The molecule has 1 atom stereocenters. The number of carbonyl (C=O) groups is 1. The summed E-state index contributed by atoms with van der Waals surface area (Å²) in [6, 6.07) is 13.8. The topological polar surface area (TPSA) is 65.6 Å². The Morgan fingerprint density at radius 3 is 2.47 bits per heavy atom. The molecule has 0 amide bonds. The van der Waals surface area contributed by atoms with E-state index in [9.17, 15) is 9.59 Å². The lowest BCUT2D eigenvalue weighted by molar-refractivity contribution is -0.136. The van der Waals surface area contributed by atoms with Crippen molar-refractivity contribution in [3.63, 3.8) is 0 Å². The second-order valence-electron chi connectivity index (χ2n) is 10.1. The Kier molecular flexibility index (Phi) is 6.73. The number of allylic oxidation sites excluding steroid dienone is 1. The maximum Gasteiger partial charge on any atom is 0.338 e. The van der Waals surface area contributed by atoms with Crippen LogP contribution in [0.5, 0.6) is 0 Å². The van der Waals surface area contributed by atoms with Gasteiger partial charge in [0, 0.05) is 23.2 Å². The molecule has 4 aromatic rings. The van der Waals surface area contributed by atoms with E-state index in [1.54, 1.807) is 11.5 Å². The van der Waals surface area contributed by atoms with E-state index in [-0.39, 0.29) is 5.56 Å². The van der Waals surface area contributed by atoms with E-state index < -0.39 is 12.0 Å². The van der Waals surface area contributed by atoms with Crippen LogP contribution in [0.4, 0.5) is 0 Å². The van der Waals surface area contributed by atoms with Gasteiger partial charge in [0.15, 0.2) is 4.80 Å². The van der Waals surface area contributed by atoms with Crippen molar-refractivity contribution >= 4 is 34.3 Å². The second kappa shape index (κ2) is 9.87. The summed E-state index contributed by atoms with van der Waals surface area (Å²) in [6.07, 6.45) is 1.99. The average Bonchev–Trinajstić information content (AvgIpc) is 3.36. The van der Waals surface area contributed by atoms with Gasteiger partial charge in [0.2, 0.25) is 0 Å². The van der Waals surface area contributed by atoms with Crippen LogP contribution in [0.3, 0.4) is 0 Å². The summed E-state index contributed by atoms with van der Waals surface area (Å²) >= 11 is 1.36. The van der Waals surface area contributed by atoms with Gasteiger partial charge in [0.05, 0.1) is 34.5 Å². The van der Waals surface area contributed by atoms with E-state index in [0.717, 1.165) is 28.8 Å². The van der Waals surface area contributed by atoms with E-state index in [2.05, 4.69) is 69.5 Å². The van der Waals surface area contributed by atoms with Crippen LogP contribution in [0.25, 0.3) is 17.0 Å². The first kappa shape index (κ1) is 25.9. The third-order valence-corrected chi connectivity index (χ3v) is 8.51. The van der Waals surface area contributed by atoms with Crippen LogP contribution in [0, 0.1) is 13.8 Å². The van der Waals surface area contributed by atoms with Gasteiger partial charge in [-0.3, -0.25) is 9.36 Å². The number of methoxy groups -OCH3 is 1. The van der Waals surface area contributed by atoms with Crippen LogP contribution in [-0.2, 0) is 16.1 Å². The zero-order chi connectivity index (χ0) is 27.3. The number of thiazole rings is 1. The molecule has 0 fully saturated rings. The third kappa shape index (κ3) is 4.06. The zero-order valence-corrected chi connectivity index (χ0v) is 23.8. The second-order valence-corrected chi connectivity index (χ2v) is 11.1. The molecule has 0 spiro atoms. The standard InChI is InChI=1S/C31H33N3O3S/c1-8-33-20(6)24(23-11-9-10-18(4)27(23)33)16-25-29(35)34-28(22-14-12-21(13-15-22)17(2)3)26(30(36)37-7)19(5)32-31(34)38-25/h9-17,28H,8H2,1-7H3/b25-16-/t28-/m0/s1. The molecular weight excluding hydrogens is 494 g/mol. The Hall–Kier alpha value is -3.71. The first-order valence-electron chi connectivity index (χ1n) is 13.0. The fourth-order valence-corrected chi connectivity index (χ4v) is 6.55. The molecule has 38 heavy (non-hydrogen) atoms. The minimum absolute atomic E-state index is 0.162. The Morgan fingerprint density at radius 2 is 1.84 bits per heavy atom. The van der Waals surface area contributed by atoms with Crippen LogP contribution in [0.1, 0.15) is 67.6 Å². The smallest absolute Gasteiger partial charge is 0.338 e. The van der Waals surface area contributed by atoms with Gasteiger partial charge in [-0.25, -0.2) is 9.79 Å². The van der Waals surface area contributed by atoms with Crippen molar-refractivity contribution in [2.75, 3.05) is 7.11 Å². The number of aryl methyl sites for hydroxylation is 2. The number of hydrogen-bond donors (Lipinski definition) is 0. The summed E-state index contributed by atoms with van der Waals surface area (Å²) < 4.78 is 9.68. The van der Waals surface area contributed by atoms with Crippen LogP contribution in [0.15, 0.2) is 63.5 Å². The van der Waals surface area contributed by atoms with Gasteiger partial charge in [-0.2, -0.15) is 0 Å². The van der Waals surface area contributed by atoms with Crippen molar-refractivity contribution in [1.29, 1.82) is 0 Å². The number of nitrogens with zero attached hydrogens (tertiary/aromatic N) is 3. The Balaban J connectivity index is 1.77. The number of fused-ring (bicyclic) bond motifs is 2. The van der Waals surface area contributed by atoms with E-state index >= 15 is 0 Å². The first-order chi connectivity index (χ1) is 18.2. The minimum atomic E-state index is -0.609. The lowest BCUT2D eigenvalue weighted by atomic mass is 9.93. The van der Waals surface area contributed by atoms with Crippen molar-refractivity contribution in [3.8, 4) is 0 Å². The number of rotatable bonds is 5. The molecular formula is C31H33N3O3S. The summed E-state index contributed by atoms with van der Waals surface area (Å²) in [5.74, 6) is -0.101. The molecule has 0 N–H and O–H groups in total. The van der Waals surface area contributed by atoms with Gasteiger partial charge in [-0.05, 0) is 56.4 Å². The maximum absolute atomic E-state index is 14.0. The van der Waals surface area contributed by atoms with Crippen LogP contribution >= 0.6 is 11.3 Å². The van der Waals surface area contributed by atoms with Gasteiger partial charge in [-0.15, -0.1) is 0 Å². The monoisotopic (exact) mass is 527 g/mol. The summed E-state index contributed by atoms with van der Waals surface area (Å²) in [5, 5.41) is 1.13. The summed E-state index contributed by atoms with van der Waals surface area (Å²) in [5.41, 5.74) is 7.40. The molecule has 2 aromatic heterocycles. The molecule has 0 saturated heterocycles. The zero-order valence-electron chi connectivity index (χ0n) is 23.0. The van der Waals surface area contributed by atoms with Crippen LogP contribution in [-0.4, -0.2) is 22.2 Å². The van der Waals surface area contributed by atoms with Crippen molar-refractivity contribution in [1.82, 2.24) is 9.13 Å². The van der Waals surface area contributed by atoms with Crippen molar-refractivity contribution in [3.05, 3.63) is 101 Å². The molecule has 0 bridgehead atoms. The summed E-state index contributed by atoms with van der Waals surface area (Å²) in [7, 11) is 1.36. The number of esters is 1. The first-order valence-corrected chi connectivity index (χ1v) is 13.8. The highest BCUT2D eigenvalue weighted by molar-refractivity contribution is 7.07. The van der Waals surface area contributed by atoms with E-state index in [1.807, 2.05) is 18.2 Å². The number of carbonyl (C=O) groups excluding carboxylic acids is 1. The van der Waals surface area contributed by atoms with E-state index in [4.69, 9.17) is 9.73 Å². The predicted molar refractivity (Wildman–Crippen MR) is 153 cm³/mol. The Morgan fingerprint density at radius 1 is 1.13 bits per heavy atom. The molecule has 2 aromatic carbocycles. The number of ether oxygens (including phenoxy) is 1. The fourth-order valence-electron chi connectivity index (χ4n) is 5.52. The molecule has 5 rings (SSSR count). The molecule has 1 aliphatic rings. The quantitative estimate of drug-likeness (QED) is 0.338. The van der Waals surface area contributed by atoms with E-state index in [1.165, 1.54) is 35.1 Å². The summed E-state index contributed by atoms with van der Waals surface area (Å²) in [6.45, 7) is 13.3. The molecule has 196 valence electrons. The Labute approximate surface area is 226 Å². The lowest BCUT2D eigenvalue weighted by Gasteiger charge is -2.24. The predicted octanol–water partition coefficient (Wildman–Crippen LogP) is 5.12. The van der Waals surface area contributed by atoms with Gasteiger partial charge in [0.1, 0.15) is 0 Å².